The number of aromatic amines is 1. The molecule has 32 heavy (non-hydrogen) atoms. The molecule has 3 heterocycles. The van der Waals surface area contributed by atoms with Gasteiger partial charge in [-0.1, -0.05) is 5.16 Å². The summed E-state index contributed by atoms with van der Waals surface area (Å²) in [5, 5.41) is 4.39. The van der Waals surface area contributed by atoms with E-state index in [-0.39, 0.29) is 29.4 Å². The lowest BCUT2D eigenvalue weighted by Crippen LogP contribution is -2.35. The Morgan fingerprint density at radius 1 is 1.28 bits per heavy atom. The topological polar surface area (TPSA) is 110 Å². The molecule has 0 bridgehead atoms. The Morgan fingerprint density at radius 3 is 2.72 bits per heavy atom. The maximum absolute atomic E-state index is 15.6. The van der Waals surface area contributed by atoms with Crippen molar-refractivity contribution in [3.8, 4) is 0 Å². The molecule has 1 saturated heterocycles. The van der Waals surface area contributed by atoms with Crippen LogP contribution in [0.2, 0.25) is 0 Å². The molecule has 6 rings (SSSR count). The van der Waals surface area contributed by atoms with E-state index in [0.29, 0.717) is 28.4 Å². The van der Waals surface area contributed by atoms with Crippen molar-refractivity contribution in [2.45, 2.75) is 57.0 Å². The molecular formula is C23H26FN5O3. The summed E-state index contributed by atoms with van der Waals surface area (Å²) in [4.78, 5) is 29.1. The van der Waals surface area contributed by atoms with Crippen LogP contribution < -0.4 is 21.9 Å². The van der Waals surface area contributed by atoms with Crippen LogP contribution in [0.4, 0.5) is 10.1 Å². The summed E-state index contributed by atoms with van der Waals surface area (Å²) in [5.74, 6) is -0.273. The van der Waals surface area contributed by atoms with Gasteiger partial charge in [-0.15, -0.1) is 0 Å². The second kappa shape index (κ2) is 6.78. The first-order chi connectivity index (χ1) is 15.3. The average molecular weight is 439 g/mol. The van der Waals surface area contributed by atoms with Gasteiger partial charge >= 0.3 is 5.76 Å². The van der Waals surface area contributed by atoms with Gasteiger partial charge in [0.2, 0.25) is 0 Å². The van der Waals surface area contributed by atoms with Crippen molar-refractivity contribution < 1.29 is 8.91 Å². The summed E-state index contributed by atoms with van der Waals surface area (Å²) in [7, 11) is 0. The minimum atomic E-state index is -0.655. The number of rotatable bonds is 5. The number of nitrogens with one attached hydrogen (secondary N) is 1. The molecule has 3 aromatic rings. The quantitative estimate of drug-likeness (QED) is 0.632. The summed E-state index contributed by atoms with van der Waals surface area (Å²) >= 11 is 0. The zero-order valence-electron chi connectivity index (χ0n) is 18.0. The average Bonchev–Trinajstić information content (AvgIpc) is 3.63. The van der Waals surface area contributed by atoms with E-state index in [9.17, 15) is 9.59 Å². The fourth-order valence-electron chi connectivity index (χ4n) is 5.45. The van der Waals surface area contributed by atoms with Crippen LogP contribution in [0.1, 0.15) is 55.1 Å². The molecule has 8 nitrogen and oxygen atoms in total. The van der Waals surface area contributed by atoms with Gasteiger partial charge < -0.3 is 15.2 Å². The largest absolute Gasteiger partial charge is 0.438 e. The Balaban J connectivity index is 1.50. The number of halogens is 1. The van der Waals surface area contributed by atoms with Gasteiger partial charge in [0.25, 0.3) is 5.56 Å². The lowest BCUT2D eigenvalue weighted by atomic mass is 9.97. The van der Waals surface area contributed by atoms with Crippen LogP contribution in [0.25, 0.3) is 10.9 Å². The third-order valence-corrected chi connectivity index (χ3v) is 7.48. The molecule has 3 N–H and O–H groups in total. The van der Waals surface area contributed by atoms with E-state index in [1.165, 1.54) is 12.1 Å². The van der Waals surface area contributed by atoms with E-state index in [2.05, 4.69) is 19.6 Å². The third kappa shape index (κ3) is 3.09. The van der Waals surface area contributed by atoms with Gasteiger partial charge in [-0.25, -0.2) is 9.18 Å². The highest BCUT2D eigenvalue weighted by Gasteiger charge is 2.48. The molecule has 1 aliphatic heterocycles. The summed E-state index contributed by atoms with van der Waals surface area (Å²) < 4.78 is 22.0. The third-order valence-electron chi connectivity index (χ3n) is 7.48. The maximum Gasteiger partial charge on any atom is 0.438 e. The second-order valence-corrected chi connectivity index (χ2v) is 9.72. The van der Waals surface area contributed by atoms with E-state index in [1.807, 2.05) is 11.5 Å². The number of hydrogen-bond donors (Lipinski definition) is 2. The molecule has 0 radical (unpaired) electrons. The lowest BCUT2D eigenvalue weighted by molar-refractivity contribution is 0.382. The molecule has 1 atom stereocenters. The van der Waals surface area contributed by atoms with Crippen LogP contribution in [0.3, 0.4) is 0 Å². The van der Waals surface area contributed by atoms with Crippen molar-refractivity contribution in [2.75, 3.05) is 18.0 Å². The number of benzene rings is 1. The highest BCUT2D eigenvalue weighted by molar-refractivity contribution is 5.90. The molecule has 2 saturated carbocycles. The monoisotopic (exact) mass is 439 g/mol. The molecule has 3 fully saturated rings. The molecule has 168 valence electrons. The van der Waals surface area contributed by atoms with E-state index in [1.54, 1.807) is 0 Å². The van der Waals surface area contributed by atoms with Gasteiger partial charge in [0.15, 0.2) is 5.82 Å². The molecule has 0 spiro atoms. The zero-order chi connectivity index (χ0) is 22.2. The molecule has 0 amide bonds. The number of aromatic nitrogens is 3. The molecular weight excluding hydrogens is 413 g/mol. The summed E-state index contributed by atoms with van der Waals surface area (Å²) in [5.41, 5.74) is 8.99. The van der Waals surface area contributed by atoms with Crippen LogP contribution in [-0.4, -0.2) is 33.3 Å². The van der Waals surface area contributed by atoms with E-state index in [4.69, 9.17) is 5.73 Å². The van der Waals surface area contributed by atoms with Crippen LogP contribution in [0, 0.1) is 18.7 Å². The number of anilines is 1. The van der Waals surface area contributed by atoms with Crippen molar-refractivity contribution >= 4 is 16.6 Å². The van der Waals surface area contributed by atoms with Crippen molar-refractivity contribution in [3.63, 3.8) is 0 Å². The minimum Gasteiger partial charge on any atom is -0.369 e. The smallest absolute Gasteiger partial charge is 0.369 e. The first-order valence-electron chi connectivity index (χ1n) is 11.3. The van der Waals surface area contributed by atoms with Crippen molar-refractivity contribution in [2.24, 2.45) is 11.7 Å². The predicted octanol–water partition coefficient (Wildman–Crippen LogP) is 2.37. The predicted molar refractivity (Wildman–Crippen MR) is 118 cm³/mol. The van der Waals surface area contributed by atoms with Crippen LogP contribution in [0.15, 0.2) is 26.2 Å². The standard InChI is InChI=1S/C23H26FN5O3/c1-12-20-16(10-17(24)21(12)28-7-4-14(11-28)23(25)5-6-23)13(8-18-26-22(31)32-27-18)9-19(30)29(20)15-2-3-15/h9-10,14-15H,2-8,11,25H2,1H3,(H,26,27,31). The van der Waals surface area contributed by atoms with Gasteiger partial charge in [-0.05, 0) is 62.1 Å². The Kier molecular flexibility index (Phi) is 4.18. The summed E-state index contributed by atoms with van der Waals surface area (Å²) in [6, 6.07) is 3.21. The number of aryl methyl sites for hydroxylation is 1. The molecule has 2 aromatic heterocycles. The van der Waals surface area contributed by atoms with Crippen LogP contribution in [-0.2, 0) is 6.42 Å². The molecule has 1 aromatic carbocycles. The molecule has 9 heteroatoms. The Hall–Kier alpha value is -2.94. The Labute approximate surface area is 183 Å². The minimum absolute atomic E-state index is 0.0895. The van der Waals surface area contributed by atoms with Gasteiger partial charge in [0.05, 0.1) is 11.2 Å². The number of fused-ring (bicyclic) bond motifs is 1. The van der Waals surface area contributed by atoms with Gasteiger partial charge in [-0.2, -0.15) is 0 Å². The highest BCUT2D eigenvalue weighted by Crippen LogP contribution is 2.46. The molecule has 1 unspecified atom stereocenters. The normalized spacial score (nSPS) is 22.1. The number of pyridine rings is 1. The number of H-pyrrole nitrogens is 1. The highest BCUT2D eigenvalue weighted by atomic mass is 19.1. The van der Waals surface area contributed by atoms with Gasteiger partial charge in [0, 0.05) is 42.5 Å². The first kappa shape index (κ1) is 19.7. The lowest BCUT2D eigenvalue weighted by Gasteiger charge is -2.26. The van der Waals surface area contributed by atoms with Crippen LogP contribution in [0.5, 0.6) is 0 Å². The van der Waals surface area contributed by atoms with Gasteiger partial charge in [0.1, 0.15) is 5.82 Å². The zero-order valence-corrected chi connectivity index (χ0v) is 18.0. The van der Waals surface area contributed by atoms with E-state index in [0.717, 1.165) is 56.3 Å². The van der Waals surface area contributed by atoms with Crippen molar-refractivity contribution in [1.29, 1.82) is 0 Å². The van der Waals surface area contributed by atoms with Gasteiger partial charge in [-0.3, -0.25) is 14.3 Å². The summed E-state index contributed by atoms with van der Waals surface area (Å²) in [6.07, 6.45) is 5.11. The Morgan fingerprint density at radius 2 is 2.06 bits per heavy atom. The second-order valence-electron chi connectivity index (χ2n) is 9.72. The number of hydrogen-bond acceptors (Lipinski definition) is 6. The number of nitrogens with zero attached hydrogens (tertiary/aromatic N) is 3. The Bertz CT molecular complexity index is 1350. The maximum atomic E-state index is 15.6. The first-order valence-corrected chi connectivity index (χ1v) is 11.3. The summed E-state index contributed by atoms with van der Waals surface area (Å²) in [6.45, 7) is 3.41. The van der Waals surface area contributed by atoms with E-state index >= 15 is 4.39 Å². The SMILES string of the molecule is Cc1c(N2CCC(C3(N)CC3)C2)c(F)cc2c(Cc3noc(=O)[nH]3)cc(=O)n(C3CC3)c12. The fraction of sp³-hybridized carbons (Fsp3) is 0.522. The van der Waals surface area contributed by atoms with Crippen molar-refractivity contribution in [3.05, 3.63) is 55.8 Å². The van der Waals surface area contributed by atoms with E-state index < -0.39 is 5.76 Å². The number of nitrogens with two attached hydrogens (primary N) is 1. The van der Waals surface area contributed by atoms with Crippen molar-refractivity contribution in [1.82, 2.24) is 14.7 Å². The van der Waals surface area contributed by atoms with Crippen LogP contribution >= 0.6 is 0 Å². The molecule has 3 aliphatic rings. The fourth-order valence-corrected chi connectivity index (χ4v) is 5.45. The molecule has 2 aliphatic carbocycles.